The minimum Gasteiger partial charge on any atom is -0.393 e. The third-order valence-corrected chi connectivity index (χ3v) is 4.29. The number of hydrogen-bond donors (Lipinski definition) is 3. The van der Waals surface area contributed by atoms with Crippen LogP contribution in [0, 0.1) is 6.92 Å². The molecule has 1 saturated carbocycles. The second-order valence-corrected chi connectivity index (χ2v) is 5.66. The molecule has 3 rings (SSSR count). The molecule has 3 N–H and O–H groups in total. The average Bonchev–Trinajstić information content (AvgIpc) is 2.74. The lowest BCUT2D eigenvalue weighted by molar-refractivity contribution is 0.116. The van der Waals surface area contributed by atoms with Gasteiger partial charge in [0.1, 0.15) is 0 Å². The summed E-state index contributed by atoms with van der Waals surface area (Å²) in [5, 5.41) is 14.5. The zero-order valence-corrected chi connectivity index (χ0v) is 11.4. The van der Waals surface area contributed by atoms with Gasteiger partial charge < -0.3 is 15.4 Å². The fourth-order valence-electron chi connectivity index (χ4n) is 3.09. The summed E-state index contributed by atoms with van der Waals surface area (Å²) in [6, 6.07) is 9.02. The molecule has 2 aromatic rings. The summed E-state index contributed by atoms with van der Waals surface area (Å²) in [5.41, 5.74) is 3.85. The van der Waals surface area contributed by atoms with Crippen molar-refractivity contribution in [3.63, 3.8) is 0 Å². The number of aliphatic hydroxyl groups is 1. The molecule has 1 heterocycles. The van der Waals surface area contributed by atoms with Gasteiger partial charge >= 0.3 is 0 Å². The highest BCUT2D eigenvalue weighted by Gasteiger charge is 2.19. The number of para-hydroxylation sites is 1. The van der Waals surface area contributed by atoms with Crippen LogP contribution in [0.4, 0.5) is 0 Å². The SMILES string of the molecule is Cc1[nH]c2ccccc2c1CNC1CCC(O)CC1. The summed E-state index contributed by atoms with van der Waals surface area (Å²) in [6.07, 6.45) is 3.97. The molecule has 0 atom stereocenters. The van der Waals surface area contributed by atoms with Crippen LogP contribution in [0.1, 0.15) is 36.9 Å². The number of aromatic nitrogens is 1. The topological polar surface area (TPSA) is 48.0 Å². The maximum atomic E-state index is 9.53. The van der Waals surface area contributed by atoms with Crippen LogP contribution in [0.3, 0.4) is 0 Å². The Morgan fingerprint density at radius 3 is 2.74 bits per heavy atom. The predicted molar refractivity (Wildman–Crippen MR) is 78.1 cm³/mol. The summed E-state index contributed by atoms with van der Waals surface area (Å²) in [7, 11) is 0. The van der Waals surface area contributed by atoms with Gasteiger partial charge in [-0.25, -0.2) is 0 Å². The molecule has 102 valence electrons. The first kappa shape index (κ1) is 12.7. The van der Waals surface area contributed by atoms with Crippen molar-refractivity contribution in [2.24, 2.45) is 0 Å². The number of rotatable bonds is 3. The number of aliphatic hydroxyl groups excluding tert-OH is 1. The second-order valence-electron chi connectivity index (χ2n) is 5.66. The summed E-state index contributed by atoms with van der Waals surface area (Å²) in [6.45, 7) is 3.05. The number of aromatic amines is 1. The molecule has 0 spiro atoms. The lowest BCUT2D eigenvalue weighted by atomic mass is 9.93. The van der Waals surface area contributed by atoms with E-state index in [1.165, 1.54) is 22.2 Å². The number of nitrogens with one attached hydrogen (secondary N) is 2. The molecule has 0 radical (unpaired) electrons. The predicted octanol–water partition coefficient (Wildman–Crippen LogP) is 2.87. The van der Waals surface area contributed by atoms with E-state index in [2.05, 4.69) is 41.5 Å². The van der Waals surface area contributed by atoms with Gasteiger partial charge in [-0.2, -0.15) is 0 Å². The van der Waals surface area contributed by atoms with E-state index in [-0.39, 0.29) is 6.10 Å². The molecule has 1 aromatic heterocycles. The fourth-order valence-corrected chi connectivity index (χ4v) is 3.09. The van der Waals surface area contributed by atoms with Gasteiger partial charge in [-0.15, -0.1) is 0 Å². The molecular formula is C16H22N2O. The molecule has 19 heavy (non-hydrogen) atoms. The molecule has 0 saturated heterocycles. The van der Waals surface area contributed by atoms with Crippen LogP contribution in [0.2, 0.25) is 0 Å². The Bertz CT molecular complexity index is 553. The number of aryl methyl sites for hydroxylation is 1. The van der Waals surface area contributed by atoms with Crippen molar-refractivity contribution in [3.05, 3.63) is 35.5 Å². The molecule has 0 aliphatic heterocycles. The first-order chi connectivity index (χ1) is 9.24. The molecular weight excluding hydrogens is 236 g/mol. The largest absolute Gasteiger partial charge is 0.393 e. The van der Waals surface area contributed by atoms with Crippen LogP contribution >= 0.6 is 0 Å². The zero-order chi connectivity index (χ0) is 13.2. The van der Waals surface area contributed by atoms with E-state index in [0.29, 0.717) is 6.04 Å². The number of hydrogen-bond acceptors (Lipinski definition) is 2. The number of benzene rings is 1. The fraction of sp³-hybridized carbons (Fsp3) is 0.500. The maximum absolute atomic E-state index is 9.53. The van der Waals surface area contributed by atoms with E-state index in [4.69, 9.17) is 0 Å². The Morgan fingerprint density at radius 1 is 1.21 bits per heavy atom. The van der Waals surface area contributed by atoms with Gasteiger partial charge in [0.25, 0.3) is 0 Å². The smallest absolute Gasteiger partial charge is 0.0541 e. The maximum Gasteiger partial charge on any atom is 0.0541 e. The van der Waals surface area contributed by atoms with Gasteiger partial charge in [0.05, 0.1) is 6.10 Å². The third kappa shape index (κ3) is 2.67. The van der Waals surface area contributed by atoms with E-state index in [1.54, 1.807) is 0 Å². The minimum absolute atomic E-state index is 0.0760. The highest BCUT2D eigenvalue weighted by atomic mass is 16.3. The first-order valence-corrected chi connectivity index (χ1v) is 7.21. The first-order valence-electron chi connectivity index (χ1n) is 7.21. The van der Waals surface area contributed by atoms with Crippen molar-refractivity contribution < 1.29 is 5.11 Å². The van der Waals surface area contributed by atoms with Gasteiger partial charge in [-0.1, -0.05) is 18.2 Å². The van der Waals surface area contributed by atoms with Crippen LogP contribution in [-0.2, 0) is 6.54 Å². The standard InChI is InChI=1S/C16H22N2O/c1-11-15(14-4-2-3-5-16(14)18-11)10-17-12-6-8-13(19)9-7-12/h2-5,12-13,17-19H,6-10H2,1H3. The highest BCUT2D eigenvalue weighted by molar-refractivity contribution is 5.84. The van der Waals surface area contributed by atoms with Crippen LogP contribution < -0.4 is 5.32 Å². The molecule has 0 amide bonds. The highest BCUT2D eigenvalue weighted by Crippen LogP contribution is 2.23. The van der Waals surface area contributed by atoms with E-state index in [1.807, 2.05) is 0 Å². The quantitative estimate of drug-likeness (QED) is 0.793. The third-order valence-electron chi connectivity index (χ3n) is 4.29. The Kier molecular flexibility index (Phi) is 3.58. The summed E-state index contributed by atoms with van der Waals surface area (Å²) >= 11 is 0. The van der Waals surface area contributed by atoms with Crippen molar-refractivity contribution in [2.75, 3.05) is 0 Å². The molecule has 1 fully saturated rings. The number of H-pyrrole nitrogens is 1. The van der Waals surface area contributed by atoms with Gasteiger partial charge in [-0.05, 0) is 44.2 Å². The van der Waals surface area contributed by atoms with E-state index >= 15 is 0 Å². The molecule has 0 unspecified atom stereocenters. The van der Waals surface area contributed by atoms with Crippen molar-refractivity contribution in [1.82, 2.24) is 10.3 Å². The minimum atomic E-state index is -0.0760. The summed E-state index contributed by atoms with van der Waals surface area (Å²) < 4.78 is 0. The van der Waals surface area contributed by atoms with E-state index in [9.17, 15) is 5.11 Å². The van der Waals surface area contributed by atoms with Gasteiger partial charge in [-0.3, -0.25) is 0 Å². The van der Waals surface area contributed by atoms with Crippen molar-refractivity contribution in [1.29, 1.82) is 0 Å². The molecule has 1 aliphatic rings. The van der Waals surface area contributed by atoms with Gasteiger partial charge in [0.2, 0.25) is 0 Å². The second kappa shape index (κ2) is 5.35. The lowest BCUT2D eigenvalue weighted by Crippen LogP contribution is -2.34. The molecule has 1 aliphatic carbocycles. The Labute approximate surface area is 114 Å². The van der Waals surface area contributed by atoms with Crippen LogP contribution in [-0.4, -0.2) is 22.2 Å². The molecule has 1 aromatic carbocycles. The van der Waals surface area contributed by atoms with Crippen LogP contribution in [0.15, 0.2) is 24.3 Å². The van der Waals surface area contributed by atoms with E-state index < -0.39 is 0 Å². The van der Waals surface area contributed by atoms with Crippen LogP contribution in [0.5, 0.6) is 0 Å². The van der Waals surface area contributed by atoms with Crippen LogP contribution in [0.25, 0.3) is 10.9 Å². The average molecular weight is 258 g/mol. The normalized spacial score (nSPS) is 23.9. The Morgan fingerprint density at radius 2 is 1.95 bits per heavy atom. The van der Waals surface area contributed by atoms with Crippen molar-refractivity contribution in [2.45, 2.75) is 51.3 Å². The molecule has 3 heteroatoms. The monoisotopic (exact) mass is 258 g/mol. The Hall–Kier alpha value is -1.32. The zero-order valence-electron chi connectivity index (χ0n) is 11.4. The van der Waals surface area contributed by atoms with Gasteiger partial charge in [0.15, 0.2) is 0 Å². The van der Waals surface area contributed by atoms with Gasteiger partial charge in [0, 0.05) is 29.2 Å². The van der Waals surface area contributed by atoms with E-state index in [0.717, 1.165) is 32.2 Å². The summed E-state index contributed by atoms with van der Waals surface area (Å²) in [5.74, 6) is 0. The molecule has 0 bridgehead atoms. The molecule has 3 nitrogen and oxygen atoms in total. The number of fused-ring (bicyclic) bond motifs is 1. The summed E-state index contributed by atoms with van der Waals surface area (Å²) in [4.78, 5) is 3.44. The van der Waals surface area contributed by atoms with Crippen molar-refractivity contribution >= 4 is 10.9 Å². The Balaban J connectivity index is 1.70. The van der Waals surface area contributed by atoms with Crippen molar-refractivity contribution in [3.8, 4) is 0 Å². The lowest BCUT2D eigenvalue weighted by Gasteiger charge is -2.26.